The smallest absolute Gasteiger partial charge is 0.332 e. The number of hydrogen-bond acceptors (Lipinski definition) is 3. The maximum absolute atomic E-state index is 11.9. The minimum absolute atomic E-state index is 0.154. The summed E-state index contributed by atoms with van der Waals surface area (Å²) >= 11 is 0. The Hall–Kier alpha value is -2.03. The molecule has 0 radical (unpaired) electrons. The van der Waals surface area contributed by atoms with E-state index in [1.54, 1.807) is 5.06 Å². The molecule has 2 aromatic rings. The number of fused-ring (bicyclic) bond motifs is 1. The molecule has 0 spiro atoms. The number of hydroxylamine groups is 1. The Labute approximate surface area is 126 Å². The van der Waals surface area contributed by atoms with Crippen LogP contribution in [0.4, 0.5) is 5.69 Å². The molecule has 2 rings (SSSR count). The number of rotatable bonds is 7. The maximum Gasteiger partial charge on any atom is 0.332 e. The second kappa shape index (κ2) is 7.67. The Kier molecular flexibility index (Phi) is 5.61. The largest absolute Gasteiger partial charge is 0.341 e. The molecule has 0 amide bonds. The highest BCUT2D eigenvalue weighted by molar-refractivity contribution is 5.94. The third kappa shape index (κ3) is 3.97. The lowest BCUT2D eigenvalue weighted by atomic mass is 10.1. The number of nitrogens with zero attached hydrogens (tertiary/aromatic N) is 1. The van der Waals surface area contributed by atoms with Crippen LogP contribution in [0, 0.1) is 0 Å². The fourth-order valence-electron chi connectivity index (χ4n) is 2.40. The first-order valence-corrected chi connectivity index (χ1v) is 7.72. The van der Waals surface area contributed by atoms with Crippen LogP contribution in [0.1, 0.15) is 39.5 Å². The van der Waals surface area contributed by atoms with Crippen molar-refractivity contribution in [2.24, 2.45) is 0 Å². The molecule has 0 saturated carbocycles. The van der Waals surface area contributed by atoms with Gasteiger partial charge in [0.1, 0.15) is 0 Å². The Bertz CT molecular complexity index is 589. The van der Waals surface area contributed by atoms with E-state index in [1.807, 2.05) is 31.2 Å². The standard InChI is InChI=1S/C18H23NO2/c1-3-5-6-14-18(20)21-19(4-2)17-13-9-11-15-10-7-8-12-16(15)17/h7-13H,3-6,14H2,1-2H3. The highest BCUT2D eigenvalue weighted by Crippen LogP contribution is 2.27. The van der Waals surface area contributed by atoms with Crippen molar-refractivity contribution in [2.45, 2.75) is 39.5 Å². The zero-order valence-corrected chi connectivity index (χ0v) is 12.8. The Morgan fingerprint density at radius 1 is 1.05 bits per heavy atom. The van der Waals surface area contributed by atoms with Crippen LogP contribution >= 0.6 is 0 Å². The van der Waals surface area contributed by atoms with Crippen LogP contribution in [0.5, 0.6) is 0 Å². The molecule has 0 aromatic heterocycles. The maximum atomic E-state index is 11.9. The quantitative estimate of drug-likeness (QED) is 0.545. The molecule has 0 fully saturated rings. The fourth-order valence-corrected chi connectivity index (χ4v) is 2.40. The van der Waals surface area contributed by atoms with Gasteiger partial charge in [-0.1, -0.05) is 56.2 Å². The second-order valence-corrected chi connectivity index (χ2v) is 5.11. The average Bonchev–Trinajstić information content (AvgIpc) is 2.52. The minimum atomic E-state index is -0.154. The van der Waals surface area contributed by atoms with Gasteiger partial charge in [0.2, 0.25) is 0 Å². The van der Waals surface area contributed by atoms with E-state index in [0.29, 0.717) is 13.0 Å². The van der Waals surface area contributed by atoms with Gasteiger partial charge in [-0.2, -0.15) is 0 Å². The first-order valence-electron chi connectivity index (χ1n) is 7.72. The van der Waals surface area contributed by atoms with Crippen molar-refractivity contribution < 1.29 is 9.63 Å². The summed E-state index contributed by atoms with van der Waals surface area (Å²) in [5, 5.41) is 3.94. The molecular formula is C18H23NO2. The number of anilines is 1. The molecule has 21 heavy (non-hydrogen) atoms. The predicted octanol–water partition coefficient (Wildman–Crippen LogP) is 4.70. The highest BCUT2D eigenvalue weighted by atomic mass is 16.7. The summed E-state index contributed by atoms with van der Waals surface area (Å²) < 4.78 is 0. The first-order chi connectivity index (χ1) is 10.3. The van der Waals surface area contributed by atoms with E-state index in [0.717, 1.165) is 35.7 Å². The van der Waals surface area contributed by atoms with Crippen molar-refractivity contribution in [2.75, 3.05) is 11.6 Å². The van der Waals surface area contributed by atoms with Crippen molar-refractivity contribution in [3.8, 4) is 0 Å². The van der Waals surface area contributed by atoms with Crippen molar-refractivity contribution in [1.82, 2.24) is 0 Å². The third-order valence-corrected chi connectivity index (χ3v) is 3.52. The summed E-state index contributed by atoms with van der Waals surface area (Å²) in [5.74, 6) is -0.154. The Morgan fingerprint density at radius 2 is 1.81 bits per heavy atom. The van der Waals surface area contributed by atoms with E-state index in [1.165, 1.54) is 0 Å². The van der Waals surface area contributed by atoms with Crippen LogP contribution < -0.4 is 5.06 Å². The van der Waals surface area contributed by atoms with Crippen LogP contribution in [-0.4, -0.2) is 12.5 Å². The molecule has 0 aliphatic heterocycles. The molecule has 3 heteroatoms. The third-order valence-electron chi connectivity index (χ3n) is 3.52. The first kappa shape index (κ1) is 15.4. The Balaban J connectivity index is 2.14. The van der Waals surface area contributed by atoms with Gasteiger partial charge >= 0.3 is 5.97 Å². The van der Waals surface area contributed by atoms with E-state index in [-0.39, 0.29) is 5.97 Å². The summed E-state index contributed by atoms with van der Waals surface area (Å²) in [6.07, 6.45) is 3.54. The van der Waals surface area contributed by atoms with Gasteiger partial charge in [0.05, 0.1) is 12.2 Å². The van der Waals surface area contributed by atoms with Gasteiger partial charge in [-0.05, 0) is 24.8 Å². The molecule has 0 unspecified atom stereocenters. The summed E-state index contributed by atoms with van der Waals surface area (Å²) in [6, 6.07) is 14.2. The van der Waals surface area contributed by atoms with Gasteiger partial charge in [-0.3, -0.25) is 0 Å². The van der Waals surface area contributed by atoms with Crippen LogP contribution in [0.25, 0.3) is 10.8 Å². The van der Waals surface area contributed by atoms with Crippen molar-refractivity contribution in [1.29, 1.82) is 0 Å². The van der Waals surface area contributed by atoms with Gasteiger partial charge in [-0.15, -0.1) is 0 Å². The van der Waals surface area contributed by atoms with Gasteiger partial charge in [-0.25, -0.2) is 9.86 Å². The SMILES string of the molecule is CCCCCC(=O)ON(CC)c1cccc2ccccc12. The van der Waals surface area contributed by atoms with E-state index in [4.69, 9.17) is 4.84 Å². The van der Waals surface area contributed by atoms with Crippen molar-refractivity contribution in [3.05, 3.63) is 42.5 Å². The molecule has 0 heterocycles. The number of carbonyl (C=O) groups excluding carboxylic acids is 1. The molecule has 2 aromatic carbocycles. The molecule has 3 nitrogen and oxygen atoms in total. The summed E-state index contributed by atoms with van der Waals surface area (Å²) in [5.41, 5.74) is 0.944. The van der Waals surface area contributed by atoms with E-state index >= 15 is 0 Å². The lowest BCUT2D eigenvalue weighted by Crippen LogP contribution is -2.27. The average molecular weight is 285 g/mol. The lowest BCUT2D eigenvalue weighted by Gasteiger charge is -2.23. The highest BCUT2D eigenvalue weighted by Gasteiger charge is 2.13. The van der Waals surface area contributed by atoms with Gasteiger partial charge in [0.15, 0.2) is 0 Å². The molecule has 112 valence electrons. The predicted molar refractivity (Wildman–Crippen MR) is 87.2 cm³/mol. The normalized spacial score (nSPS) is 10.6. The number of hydrogen-bond donors (Lipinski definition) is 0. The number of unbranched alkanes of at least 4 members (excludes halogenated alkanes) is 2. The summed E-state index contributed by atoms with van der Waals surface area (Å²) in [6.45, 7) is 4.74. The number of carbonyl (C=O) groups is 1. The van der Waals surface area contributed by atoms with Crippen LogP contribution in [0.15, 0.2) is 42.5 Å². The number of benzene rings is 2. The molecule has 0 bridgehead atoms. The topological polar surface area (TPSA) is 29.5 Å². The fraction of sp³-hybridized carbons (Fsp3) is 0.389. The molecule has 0 N–H and O–H groups in total. The Morgan fingerprint density at radius 3 is 2.57 bits per heavy atom. The van der Waals surface area contributed by atoms with Gasteiger partial charge in [0, 0.05) is 11.8 Å². The van der Waals surface area contributed by atoms with Crippen LogP contribution in [0.2, 0.25) is 0 Å². The molecule has 0 atom stereocenters. The van der Waals surface area contributed by atoms with Gasteiger partial charge in [0.25, 0.3) is 0 Å². The van der Waals surface area contributed by atoms with Crippen LogP contribution in [0.3, 0.4) is 0 Å². The molecular weight excluding hydrogens is 262 g/mol. The van der Waals surface area contributed by atoms with Crippen molar-refractivity contribution >= 4 is 22.4 Å². The lowest BCUT2D eigenvalue weighted by molar-refractivity contribution is -0.145. The monoisotopic (exact) mass is 285 g/mol. The second-order valence-electron chi connectivity index (χ2n) is 5.11. The van der Waals surface area contributed by atoms with Crippen molar-refractivity contribution in [3.63, 3.8) is 0 Å². The van der Waals surface area contributed by atoms with E-state index < -0.39 is 0 Å². The zero-order valence-electron chi connectivity index (χ0n) is 12.8. The van der Waals surface area contributed by atoms with E-state index in [2.05, 4.69) is 25.1 Å². The van der Waals surface area contributed by atoms with Crippen LogP contribution in [-0.2, 0) is 9.63 Å². The zero-order chi connectivity index (χ0) is 15.1. The summed E-state index contributed by atoms with van der Waals surface area (Å²) in [4.78, 5) is 17.5. The van der Waals surface area contributed by atoms with Gasteiger partial charge < -0.3 is 4.84 Å². The summed E-state index contributed by atoms with van der Waals surface area (Å²) in [7, 11) is 0. The molecule has 0 aliphatic rings. The van der Waals surface area contributed by atoms with E-state index in [9.17, 15) is 4.79 Å². The molecule has 0 saturated heterocycles. The minimum Gasteiger partial charge on any atom is -0.341 e. The molecule has 0 aliphatic carbocycles.